The summed E-state index contributed by atoms with van der Waals surface area (Å²) in [4.78, 5) is 2.09. The van der Waals surface area contributed by atoms with Crippen molar-refractivity contribution in [1.29, 1.82) is 5.26 Å². The lowest BCUT2D eigenvalue weighted by Crippen LogP contribution is -2.48. The maximum atomic E-state index is 9.33. The van der Waals surface area contributed by atoms with E-state index in [0.29, 0.717) is 19.0 Å². The molecule has 1 rings (SSSR count). The van der Waals surface area contributed by atoms with Crippen molar-refractivity contribution in [3.8, 4) is 6.07 Å². The molecule has 19 heavy (non-hydrogen) atoms. The van der Waals surface area contributed by atoms with E-state index in [1.54, 1.807) is 0 Å². The Morgan fingerprint density at radius 3 is 2.16 bits per heavy atom. The van der Waals surface area contributed by atoms with Gasteiger partial charge in [-0.3, -0.25) is 4.90 Å². The minimum absolute atomic E-state index is 0.0247. The zero-order valence-electron chi connectivity index (χ0n) is 12.5. The Balaban J connectivity index is 2.81. The van der Waals surface area contributed by atoms with E-state index in [1.165, 1.54) is 0 Å². The minimum atomic E-state index is 0.0247. The molecule has 0 aliphatic heterocycles. The normalized spacial score (nSPS) is 28.4. The molecule has 0 amide bonds. The van der Waals surface area contributed by atoms with Gasteiger partial charge in [-0.15, -0.1) is 0 Å². The second-order valence-electron chi connectivity index (χ2n) is 6.66. The Morgan fingerprint density at radius 2 is 1.74 bits per heavy atom. The van der Waals surface area contributed by atoms with Crippen LogP contribution in [0, 0.1) is 28.6 Å². The van der Waals surface area contributed by atoms with Gasteiger partial charge in [-0.1, -0.05) is 20.8 Å². The van der Waals surface area contributed by atoms with Crippen LogP contribution in [0.1, 0.15) is 40.0 Å². The lowest BCUT2D eigenvalue weighted by atomic mass is 9.68. The molecule has 1 aliphatic rings. The van der Waals surface area contributed by atoms with Crippen LogP contribution in [0.5, 0.6) is 0 Å². The van der Waals surface area contributed by atoms with Crippen LogP contribution in [0.2, 0.25) is 0 Å². The van der Waals surface area contributed by atoms with Crippen LogP contribution in [0.15, 0.2) is 0 Å². The summed E-state index contributed by atoms with van der Waals surface area (Å²) in [6.07, 6.45) is 3.02. The van der Waals surface area contributed by atoms with Gasteiger partial charge < -0.3 is 10.2 Å². The topological polar surface area (TPSA) is 67.5 Å². The lowest BCUT2D eigenvalue weighted by molar-refractivity contribution is 0.0401. The van der Waals surface area contributed by atoms with E-state index < -0.39 is 0 Å². The number of hydrogen-bond acceptors (Lipinski definition) is 4. The van der Waals surface area contributed by atoms with Crippen molar-refractivity contribution in [3.63, 3.8) is 0 Å². The number of aliphatic hydroxyl groups is 2. The van der Waals surface area contributed by atoms with Crippen molar-refractivity contribution in [2.24, 2.45) is 17.3 Å². The van der Waals surface area contributed by atoms with Crippen LogP contribution in [-0.2, 0) is 0 Å². The number of aliphatic hydroxyl groups excluding tert-OH is 2. The molecular formula is C15H28N2O2. The van der Waals surface area contributed by atoms with Crippen LogP contribution < -0.4 is 0 Å². The molecule has 4 nitrogen and oxygen atoms in total. The predicted octanol–water partition coefficient (Wildman–Crippen LogP) is 1.63. The highest BCUT2D eigenvalue weighted by atomic mass is 16.3. The molecule has 0 aromatic heterocycles. The van der Waals surface area contributed by atoms with E-state index in [2.05, 4.69) is 31.7 Å². The molecule has 0 aromatic carbocycles. The van der Waals surface area contributed by atoms with Crippen molar-refractivity contribution in [2.75, 3.05) is 26.3 Å². The Bertz CT molecular complexity index is 300. The Morgan fingerprint density at radius 1 is 1.16 bits per heavy atom. The monoisotopic (exact) mass is 268 g/mol. The van der Waals surface area contributed by atoms with E-state index in [1.807, 2.05) is 0 Å². The van der Waals surface area contributed by atoms with Gasteiger partial charge in [0, 0.05) is 19.1 Å². The molecule has 3 atom stereocenters. The Kier molecular flexibility index (Phi) is 6.25. The third-order valence-corrected chi connectivity index (χ3v) is 4.45. The van der Waals surface area contributed by atoms with E-state index >= 15 is 0 Å². The summed E-state index contributed by atoms with van der Waals surface area (Å²) in [5, 5.41) is 27.7. The summed E-state index contributed by atoms with van der Waals surface area (Å²) in [7, 11) is 0. The van der Waals surface area contributed by atoms with Gasteiger partial charge in [0.2, 0.25) is 0 Å². The van der Waals surface area contributed by atoms with Crippen molar-refractivity contribution >= 4 is 0 Å². The molecule has 2 N–H and O–H groups in total. The van der Waals surface area contributed by atoms with Gasteiger partial charge in [-0.05, 0) is 30.6 Å². The zero-order valence-corrected chi connectivity index (χ0v) is 12.5. The van der Waals surface area contributed by atoms with Crippen molar-refractivity contribution in [3.05, 3.63) is 0 Å². The zero-order chi connectivity index (χ0) is 14.5. The first-order valence-electron chi connectivity index (χ1n) is 7.29. The number of rotatable bonds is 5. The molecule has 1 saturated carbocycles. The highest BCUT2D eigenvalue weighted by molar-refractivity contribution is 4.99. The number of nitriles is 1. The van der Waals surface area contributed by atoms with E-state index in [0.717, 1.165) is 19.3 Å². The molecule has 0 heterocycles. The first kappa shape index (κ1) is 16.4. The second-order valence-corrected chi connectivity index (χ2v) is 6.66. The first-order valence-corrected chi connectivity index (χ1v) is 7.29. The summed E-state index contributed by atoms with van der Waals surface area (Å²) in [5.41, 5.74) is 0.253. The van der Waals surface area contributed by atoms with Crippen LogP contribution in [0.25, 0.3) is 0 Å². The molecule has 3 unspecified atom stereocenters. The minimum Gasteiger partial charge on any atom is -0.395 e. The molecule has 0 spiro atoms. The molecule has 0 aromatic rings. The van der Waals surface area contributed by atoms with Gasteiger partial charge in [0.25, 0.3) is 0 Å². The summed E-state index contributed by atoms with van der Waals surface area (Å²) in [6, 6.07) is 2.59. The second kappa shape index (κ2) is 7.23. The fourth-order valence-corrected chi connectivity index (χ4v) is 3.19. The molecule has 0 saturated heterocycles. The molecule has 110 valence electrons. The van der Waals surface area contributed by atoms with Gasteiger partial charge in [0.15, 0.2) is 0 Å². The average molecular weight is 268 g/mol. The third kappa shape index (κ3) is 4.45. The molecule has 1 fully saturated rings. The smallest absolute Gasteiger partial charge is 0.0672 e. The van der Waals surface area contributed by atoms with Crippen molar-refractivity contribution < 1.29 is 10.2 Å². The maximum absolute atomic E-state index is 9.33. The Hall–Kier alpha value is -0.630. The van der Waals surface area contributed by atoms with E-state index in [9.17, 15) is 15.5 Å². The highest BCUT2D eigenvalue weighted by Gasteiger charge is 2.38. The predicted molar refractivity (Wildman–Crippen MR) is 75.4 cm³/mol. The molecule has 4 heteroatoms. The van der Waals surface area contributed by atoms with Crippen molar-refractivity contribution in [2.45, 2.75) is 46.1 Å². The fraction of sp³-hybridized carbons (Fsp3) is 0.933. The molecular weight excluding hydrogens is 240 g/mol. The van der Waals surface area contributed by atoms with Gasteiger partial charge >= 0.3 is 0 Å². The highest BCUT2D eigenvalue weighted by Crippen LogP contribution is 2.41. The van der Waals surface area contributed by atoms with E-state index in [-0.39, 0.29) is 30.6 Å². The number of nitrogens with zero attached hydrogens (tertiary/aromatic N) is 2. The van der Waals surface area contributed by atoms with Gasteiger partial charge in [0.05, 0.1) is 25.2 Å². The van der Waals surface area contributed by atoms with Crippen LogP contribution in [0.3, 0.4) is 0 Å². The van der Waals surface area contributed by atoms with Crippen LogP contribution in [-0.4, -0.2) is 47.5 Å². The summed E-state index contributed by atoms with van der Waals surface area (Å²) >= 11 is 0. The van der Waals surface area contributed by atoms with E-state index in [4.69, 9.17) is 0 Å². The fourth-order valence-electron chi connectivity index (χ4n) is 3.19. The van der Waals surface area contributed by atoms with Gasteiger partial charge in [-0.2, -0.15) is 5.26 Å². The number of hydrogen-bond donors (Lipinski definition) is 2. The third-order valence-electron chi connectivity index (χ3n) is 4.45. The SMILES string of the molecule is CC(C)(C)C1CCC(C#N)C(N(CCO)CCO)C1. The van der Waals surface area contributed by atoms with Crippen LogP contribution in [0.4, 0.5) is 0 Å². The quantitative estimate of drug-likeness (QED) is 0.795. The average Bonchev–Trinajstić information content (AvgIpc) is 2.36. The molecule has 0 bridgehead atoms. The maximum Gasteiger partial charge on any atom is 0.0672 e. The molecule has 1 aliphatic carbocycles. The van der Waals surface area contributed by atoms with Crippen LogP contribution >= 0.6 is 0 Å². The standard InChI is InChI=1S/C15H28N2O2/c1-15(2,3)13-5-4-12(11-16)14(10-13)17(6-8-18)7-9-19/h12-14,18-19H,4-10H2,1-3H3. The van der Waals surface area contributed by atoms with Crippen molar-refractivity contribution in [1.82, 2.24) is 4.90 Å². The van der Waals surface area contributed by atoms with Gasteiger partial charge in [0.1, 0.15) is 0 Å². The summed E-state index contributed by atoms with van der Waals surface area (Å²) in [5.74, 6) is 0.624. The van der Waals surface area contributed by atoms with Gasteiger partial charge in [-0.25, -0.2) is 0 Å². The summed E-state index contributed by atoms with van der Waals surface area (Å²) in [6.45, 7) is 8.00. The first-order chi connectivity index (χ1) is 8.93. The molecule has 0 radical (unpaired) electrons. The summed E-state index contributed by atoms with van der Waals surface area (Å²) < 4.78 is 0. The largest absolute Gasteiger partial charge is 0.395 e. The Labute approximate surface area is 117 Å². The lowest BCUT2D eigenvalue weighted by Gasteiger charge is -2.44.